The summed E-state index contributed by atoms with van der Waals surface area (Å²) in [6.07, 6.45) is 6.98. The van der Waals surface area contributed by atoms with Gasteiger partial charge in [-0.25, -0.2) is 9.78 Å². The molecule has 41 heavy (non-hydrogen) atoms. The van der Waals surface area contributed by atoms with Gasteiger partial charge in [-0.2, -0.15) is 0 Å². The Morgan fingerprint density at radius 1 is 1.22 bits per heavy atom. The van der Waals surface area contributed by atoms with Crippen LogP contribution >= 0.6 is 11.6 Å². The molecule has 9 nitrogen and oxygen atoms in total. The van der Waals surface area contributed by atoms with E-state index in [4.69, 9.17) is 23.0 Å². The molecule has 1 saturated heterocycles. The topological polar surface area (TPSA) is 116 Å². The molecule has 2 heterocycles. The lowest BCUT2D eigenvalue weighted by atomic mass is 9.83. The fourth-order valence-corrected chi connectivity index (χ4v) is 5.64. The third-order valence-corrected chi connectivity index (χ3v) is 8.32. The van der Waals surface area contributed by atoms with Gasteiger partial charge in [0, 0.05) is 24.3 Å². The van der Waals surface area contributed by atoms with Crippen molar-refractivity contribution in [3.63, 3.8) is 0 Å². The molecule has 2 N–H and O–H groups in total. The summed E-state index contributed by atoms with van der Waals surface area (Å²) >= 11 is 6.71. The van der Waals surface area contributed by atoms with Crippen LogP contribution in [0.25, 0.3) is 10.9 Å². The first-order valence-electron chi connectivity index (χ1n) is 13.4. The van der Waals surface area contributed by atoms with Gasteiger partial charge in [0.2, 0.25) is 0 Å². The van der Waals surface area contributed by atoms with Crippen molar-refractivity contribution in [3.05, 3.63) is 68.2 Å². The minimum Gasteiger partial charge on any atom is -0.480 e. The molecule has 0 aliphatic carbocycles. The van der Waals surface area contributed by atoms with Crippen molar-refractivity contribution in [1.29, 1.82) is 0 Å². The number of terminal acetylenes is 1. The summed E-state index contributed by atoms with van der Waals surface area (Å²) in [6, 6.07) is 8.51. The zero-order valence-corrected chi connectivity index (χ0v) is 24.7. The SMILES string of the molecule is C#CCN(Cc1cc2c(=O)n(C)c(CN3CCC[C@@]3(C)C(=O)O)nc2cc1Cl)c1ccc(C(=O)O)c(C(C)(C)C)c1. The Hall–Kier alpha value is -3.87. The Balaban J connectivity index is 1.72. The van der Waals surface area contributed by atoms with Crippen LogP contribution < -0.4 is 10.5 Å². The van der Waals surface area contributed by atoms with Gasteiger partial charge in [0.15, 0.2) is 0 Å². The minimum absolute atomic E-state index is 0.224. The van der Waals surface area contributed by atoms with E-state index in [1.54, 1.807) is 38.2 Å². The molecule has 1 atom stereocenters. The first-order valence-corrected chi connectivity index (χ1v) is 13.8. The highest BCUT2D eigenvalue weighted by Crippen LogP contribution is 2.33. The first-order chi connectivity index (χ1) is 19.2. The van der Waals surface area contributed by atoms with Crippen LogP contribution in [0.5, 0.6) is 0 Å². The predicted molar refractivity (Wildman–Crippen MR) is 160 cm³/mol. The van der Waals surface area contributed by atoms with Crippen LogP contribution in [0.15, 0.2) is 35.1 Å². The zero-order valence-electron chi connectivity index (χ0n) is 24.0. The van der Waals surface area contributed by atoms with Gasteiger partial charge in [0.05, 0.1) is 29.6 Å². The Morgan fingerprint density at radius 2 is 1.93 bits per heavy atom. The standard InChI is InChI=1S/C31H35ClN4O5/c1-7-12-35(20-9-10-21(28(38)39)23(15-20)30(2,3)4)17-19-14-22-25(16-24(19)32)33-26(34(6)27(22)37)18-36-13-8-11-31(36,5)29(40)41/h1,9-10,14-16H,8,11-13,17-18H2,2-6H3,(H,38,39)(H,40,41)/t31-/m0/s1. The number of likely N-dealkylation sites (tertiary alicyclic amines) is 1. The molecule has 216 valence electrons. The number of carboxylic acids is 2. The molecular formula is C31H35ClN4O5. The van der Waals surface area contributed by atoms with Crippen molar-refractivity contribution in [3.8, 4) is 12.3 Å². The van der Waals surface area contributed by atoms with E-state index in [-0.39, 0.29) is 30.8 Å². The monoisotopic (exact) mass is 578 g/mol. The second kappa shape index (κ2) is 11.2. The largest absolute Gasteiger partial charge is 0.480 e. The van der Waals surface area contributed by atoms with E-state index in [1.165, 1.54) is 4.57 Å². The quantitative estimate of drug-likeness (QED) is 0.371. The molecule has 10 heteroatoms. The van der Waals surface area contributed by atoms with Crippen LogP contribution in [0, 0.1) is 12.3 Å². The van der Waals surface area contributed by atoms with Crippen molar-refractivity contribution in [1.82, 2.24) is 14.5 Å². The number of nitrogens with zero attached hydrogens (tertiary/aromatic N) is 4. The molecule has 3 aromatic rings. The van der Waals surface area contributed by atoms with E-state index < -0.39 is 22.9 Å². The molecule has 1 aliphatic rings. The van der Waals surface area contributed by atoms with Gasteiger partial charge in [0.1, 0.15) is 11.4 Å². The van der Waals surface area contributed by atoms with Crippen molar-refractivity contribution < 1.29 is 19.8 Å². The van der Waals surface area contributed by atoms with E-state index in [1.807, 2.05) is 36.6 Å². The number of aliphatic carboxylic acids is 1. The lowest BCUT2D eigenvalue weighted by Gasteiger charge is -2.31. The number of fused-ring (bicyclic) bond motifs is 1. The van der Waals surface area contributed by atoms with Crippen molar-refractivity contribution >= 4 is 40.1 Å². The summed E-state index contributed by atoms with van der Waals surface area (Å²) in [6.45, 7) is 8.90. The number of anilines is 1. The lowest BCUT2D eigenvalue weighted by Crippen LogP contribution is -2.48. The number of benzene rings is 2. The Kier molecular flexibility index (Phi) is 8.21. The normalized spacial score (nSPS) is 17.5. The molecule has 1 aromatic heterocycles. The summed E-state index contributed by atoms with van der Waals surface area (Å²) in [5, 5.41) is 20.3. The molecule has 1 aliphatic heterocycles. The number of carboxylic acid groups (broad SMARTS) is 2. The van der Waals surface area contributed by atoms with Crippen LogP contribution in [0.1, 0.15) is 67.8 Å². The van der Waals surface area contributed by atoms with E-state index in [2.05, 4.69) is 5.92 Å². The summed E-state index contributed by atoms with van der Waals surface area (Å²) < 4.78 is 1.46. The number of carbonyl (C=O) groups is 2. The molecule has 2 aromatic carbocycles. The van der Waals surface area contributed by atoms with Crippen molar-refractivity contribution in [2.24, 2.45) is 7.05 Å². The minimum atomic E-state index is -1.01. The molecule has 0 spiro atoms. The van der Waals surface area contributed by atoms with E-state index >= 15 is 0 Å². The summed E-state index contributed by atoms with van der Waals surface area (Å²) in [5.74, 6) is 1.23. The van der Waals surface area contributed by atoms with E-state index in [9.17, 15) is 24.6 Å². The van der Waals surface area contributed by atoms with Crippen molar-refractivity contribution in [2.45, 2.75) is 64.6 Å². The summed E-state index contributed by atoms with van der Waals surface area (Å²) in [7, 11) is 1.63. The number of rotatable bonds is 8. The van der Waals surface area contributed by atoms with Gasteiger partial charge in [-0.05, 0) is 73.2 Å². The molecular weight excluding hydrogens is 544 g/mol. The highest BCUT2D eigenvalue weighted by Gasteiger charge is 2.43. The fraction of sp³-hybridized carbons (Fsp3) is 0.419. The second-order valence-electron chi connectivity index (χ2n) is 11.8. The third kappa shape index (κ3) is 5.81. The maximum absolute atomic E-state index is 13.5. The Morgan fingerprint density at radius 3 is 2.54 bits per heavy atom. The maximum Gasteiger partial charge on any atom is 0.335 e. The number of halogens is 1. The number of hydrogen-bond acceptors (Lipinski definition) is 6. The molecule has 0 bridgehead atoms. The Labute approximate surface area is 244 Å². The van der Waals surface area contributed by atoms with Crippen LogP contribution in [0.3, 0.4) is 0 Å². The van der Waals surface area contributed by atoms with Gasteiger partial charge in [-0.1, -0.05) is 38.3 Å². The van der Waals surface area contributed by atoms with Crippen LogP contribution in [-0.2, 0) is 30.3 Å². The van der Waals surface area contributed by atoms with Crippen molar-refractivity contribution in [2.75, 3.05) is 18.0 Å². The lowest BCUT2D eigenvalue weighted by molar-refractivity contribution is -0.149. The van der Waals surface area contributed by atoms with E-state index in [0.717, 1.165) is 12.1 Å². The number of aromatic carboxylic acids is 1. The van der Waals surface area contributed by atoms with Crippen LogP contribution in [0.4, 0.5) is 5.69 Å². The van der Waals surface area contributed by atoms with Gasteiger partial charge in [-0.15, -0.1) is 6.42 Å². The third-order valence-electron chi connectivity index (χ3n) is 7.97. The molecule has 0 unspecified atom stereocenters. The molecule has 1 fully saturated rings. The Bertz CT molecular complexity index is 1630. The van der Waals surface area contributed by atoms with Crippen LogP contribution in [0.2, 0.25) is 5.02 Å². The summed E-state index contributed by atoms with van der Waals surface area (Å²) in [5.41, 5.74) is 1.05. The van der Waals surface area contributed by atoms with Gasteiger partial charge >= 0.3 is 11.9 Å². The van der Waals surface area contributed by atoms with Gasteiger partial charge in [0.25, 0.3) is 5.56 Å². The highest BCUT2D eigenvalue weighted by molar-refractivity contribution is 6.32. The summed E-state index contributed by atoms with van der Waals surface area (Å²) in [4.78, 5) is 45.7. The second-order valence-corrected chi connectivity index (χ2v) is 12.2. The fourth-order valence-electron chi connectivity index (χ4n) is 5.42. The van der Waals surface area contributed by atoms with Gasteiger partial charge < -0.3 is 15.1 Å². The van der Waals surface area contributed by atoms with E-state index in [0.29, 0.717) is 45.8 Å². The average molecular weight is 579 g/mol. The zero-order chi connectivity index (χ0) is 30.3. The molecule has 0 radical (unpaired) electrons. The number of aromatic nitrogens is 2. The predicted octanol–water partition coefficient (Wildman–Crippen LogP) is 4.66. The van der Waals surface area contributed by atoms with Crippen LogP contribution in [-0.4, -0.2) is 55.2 Å². The molecule has 0 amide bonds. The number of hydrogen-bond donors (Lipinski definition) is 2. The van der Waals surface area contributed by atoms with Gasteiger partial charge in [-0.3, -0.25) is 19.1 Å². The maximum atomic E-state index is 13.5. The smallest absolute Gasteiger partial charge is 0.335 e. The molecule has 0 saturated carbocycles. The highest BCUT2D eigenvalue weighted by atomic mass is 35.5. The first kappa shape index (κ1) is 30.1. The molecule has 4 rings (SSSR count). The average Bonchev–Trinajstić information content (AvgIpc) is 3.28.